The van der Waals surface area contributed by atoms with Gasteiger partial charge in [-0.2, -0.15) is 0 Å². The number of halogens is 2. The zero-order chi connectivity index (χ0) is 17.1. The second-order valence-corrected chi connectivity index (χ2v) is 6.16. The molecule has 0 aliphatic carbocycles. The number of imidazole rings is 1. The minimum atomic E-state index is -0.828. The van der Waals surface area contributed by atoms with Gasteiger partial charge in [0.1, 0.15) is 0 Å². The molecule has 0 unspecified atom stereocenters. The van der Waals surface area contributed by atoms with Crippen molar-refractivity contribution < 1.29 is 9.90 Å². The van der Waals surface area contributed by atoms with Gasteiger partial charge in [-0.25, -0.2) is 4.98 Å². The average Bonchev–Trinajstić information content (AvgIpc) is 3.05. The highest BCUT2D eigenvalue weighted by molar-refractivity contribution is 6.42. The molecule has 24 heavy (non-hydrogen) atoms. The van der Waals surface area contributed by atoms with Gasteiger partial charge in [0.25, 0.3) is 0 Å². The van der Waals surface area contributed by atoms with E-state index in [4.69, 9.17) is 28.3 Å². The van der Waals surface area contributed by atoms with Crippen LogP contribution >= 0.6 is 23.2 Å². The van der Waals surface area contributed by atoms with Gasteiger partial charge in [0.2, 0.25) is 0 Å². The lowest BCUT2D eigenvalue weighted by Crippen LogP contribution is -1.97. The van der Waals surface area contributed by atoms with Gasteiger partial charge in [0, 0.05) is 18.3 Å². The number of aromatic nitrogens is 2. The lowest BCUT2D eigenvalue weighted by molar-refractivity contribution is -0.136. The lowest BCUT2D eigenvalue weighted by Gasteiger charge is -2.07. The molecule has 1 heterocycles. The van der Waals surface area contributed by atoms with E-state index in [1.165, 1.54) is 0 Å². The van der Waals surface area contributed by atoms with Crippen LogP contribution in [0.5, 0.6) is 0 Å². The van der Waals surface area contributed by atoms with E-state index in [9.17, 15) is 4.79 Å². The molecule has 3 rings (SSSR count). The molecule has 6 heteroatoms. The summed E-state index contributed by atoms with van der Waals surface area (Å²) in [5.41, 5.74) is 3.66. The number of nitrogens with zero attached hydrogens (tertiary/aromatic N) is 2. The standard InChI is InChI=1S/C18H14Cl2N2O2/c19-16-6-4-13(9-17(16)20)12-2-1-3-15(8-12)22-10-14(21-11-22)5-7-18(23)24/h1-4,6,8-11H,5,7H2,(H,23,24). The van der Waals surface area contributed by atoms with Crippen molar-refractivity contribution in [3.05, 3.63) is 70.7 Å². The molecule has 1 aromatic heterocycles. The summed E-state index contributed by atoms with van der Waals surface area (Å²) in [5, 5.41) is 9.78. The van der Waals surface area contributed by atoms with E-state index in [0.717, 1.165) is 22.5 Å². The summed E-state index contributed by atoms with van der Waals surface area (Å²) in [6, 6.07) is 13.4. The minimum absolute atomic E-state index is 0.0698. The number of hydrogen-bond donors (Lipinski definition) is 1. The number of aryl methyl sites for hydroxylation is 1. The highest BCUT2D eigenvalue weighted by Crippen LogP contribution is 2.29. The normalized spacial score (nSPS) is 10.8. The lowest BCUT2D eigenvalue weighted by atomic mass is 10.1. The van der Waals surface area contributed by atoms with Crippen molar-refractivity contribution in [2.45, 2.75) is 12.8 Å². The highest BCUT2D eigenvalue weighted by atomic mass is 35.5. The van der Waals surface area contributed by atoms with Gasteiger partial charge < -0.3 is 9.67 Å². The summed E-state index contributed by atoms with van der Waals surface area (Å²) in [7, 11) is 0. The molecular formula is C18H14Cl2N2O2. The summed E-state index contributed by atoms with van der Waals surface area (Å²) >= 11 is 12.1. The first-order chi connectivity index (χ1) is 11.5. The number of carbonyl (C=O) groups is 1. The number of carboxylic acid groups (broad SMARTS) is 1. The zero-order valence-corrected chi connectivity index (χ0v) is 14.1. The Morgan fingerprint density at radius 2 is 1.88 bits per heavy atom. The smallest absolute Gasteiger partial charge is 0.303 e. The van der Waals surface area contributed by atoms with E-state index in [-0.39, 0.29) is 6.42 Å². The molecule has 0 atom stereocenters. The van der Waals surface area contributed by atoms with Crippen molar-refractivity contribution in [3.63, 3.8) is 0 Å². The maximum atomic E-state index is 10.6. The van der Waals surface area contributed by atoms with Crippen LogP contribution < -0.4 is 0 Å². The van der Waals surface area contributed by atoms with Gasteiger partial charge in [-0.3, -0.25) is 4.79 Å². The van der Waals surface area contributed by atoms with Crippen LogP contribution in [0.25, 0.3) is 16.8 Å². The van der Waals surface area contributed by atoms with Crippen LogP contribution in [-0.2, 0) is 11.2 Å². The second-order valence-electron chi connectivity index (χ2n) is 5.35. The fraction of sp³-hybridized carbons (Fsp3) is 0.111. The predicted molar refractivity (Wildman–Crippen MR) is 95.0 cm³/mol. The predicted octanol–water partition coefficient (Wildman–Crippen LogP) is 4.86. The largest absolute Gasteiger partial charge is 0.481 e. The molecule has 0 aliphatic rings. The molecule has 2 aromatic carbocycles. The Hall–Kier alpha value is -2.30. The maximum Gasteiger partial charge on any atom is 0.303 e. The van der Waals surface area contributed by atoms with E-state index in [1.54, 1.807) is 12.4 Å². The second kappa shape index (κ2) is 7.07. The summed E-state index contributed by atoms with van der Waals surface area (Å²) in [4.78, 5) is 14.9. The van der Waals surface area contributed by atoms with Crippen molar-refractivity contribution >= 4 is 29.2 Å². The van der Waals surface area contributed by atoms with E-state index < -0.39 is 5.97 Å². The molecule has 0 saturated heterocycles. The molecule has 0 radical (unpaired) electrons. The SMILES string of the molecule is O=C(O)CCc1cn(-c2cccc(-c3ccc(Cl)c(Cl)c3)c2)cn1. The molecule has 1 N–H and O–H groups in total. The van der Waals surface area contributed by atoms with Crippen LogP contribution in [0.1, 0.15) is 12.1 Å². The fourth-order valence-electron chi connectivity index (χ4n) is 2.39. The van der Waals surface area contributed by atoms with Gasteiger partial charge in [-0.15, -0.1) is 0 Å². The molecule has 122 valence electrons. The van der Waals surface area contributed by atoms with Gasteiger partial charge in [-0.1, -0.05) is 41.4 Å². The Bertz CT molecular complexity index is 890. The monoisotopic (exact) mass is 360 g/mol. The third-order valence-electron chi connectivity index (χ3n) is 3.63. The molecule has 0 spiro atoms. The number of carboxylic acids is 1. The van der Waals surface area contributed by atoms with Crippen LogP contribution in [0.3, 0.4) is 0 Å². The van der Waals surface area contributed by atoms with Crippen LogP contribution in [0, 0.1) is 0 Å². The number of aliphatic carboxylic acids is 1. The Morgan fingerprint density at radius 1 is 1.08 bits per heavy atom. The van der Waals surface area contributed by atoms with Gasteiger partial charge >= 0.3 is 5.97 Å². The first-order valence-electron chi connectivity index (χ1n) is 7.33. The maximum absolute atomic E-state index is 10.6. The fourth-order valence-corrected chi connectivity index (χ4v) is 2.69. The van der Waals surface area contributed by atoms with E-state index in [1.807, 2.05) is 47.2 Å². The summed E-state index contributed by atoms with van der Waals surface area (Å²) in [6.45, 7) is 0. The Kier molecular flexibility index (Phi) is 4.88. The topological polar surface area (TPSA) is 55.1 Å². The molecular weight excluding hydrogens is 347 g/mol. The quantitative estimate of drug-likeness (QED) is 0.706. The van der Waals surface area contributed by atoms with Crippen LogP contribution in [0.2, 0.25) is 10.0 Å². The van der Waals surface area contributed by atoms with Crippen LogP contribution in [0.15, 0.2) is 55.0 Å². The first kappa shape index (κ1) is 16.6. The highest BCUT2D eigenvalue weighted by Gasteiger charge is 2.06. The Balaban J connectivity index is 1.87. The van der Waals surface area contributed by atoms with Gasteiger partial charge in [0.05, 0.1) is 28.5 Å². The van der Waals surface area contributed by atoms with E-state index in [0.29, 0.717) is 16.5 Å². The minimum Gasteiger partial charge on any atom is -0.481 e. The average molecular weight is 361 g/mol. The summed E-state index contributed by atoms with van der Waals surface area (Å²) in [6.07, 6.45) is 4.01. The summed E-state index contributed by atoms with van der Waals surface area (Å²) in [5.74, 6) is -0.828. The number of rotatable bonds is 5. The molecule has 0 aliphatic heterocycles. The number of benzene rings is 2. The van der Waals surface area contributed by atoms with E-state index in [2.05, 4.69) is 4.98 Å². The van der Waals surface area contributed by atoms with Crippen molar-refractivity contribution in [1.29, 1.82) is 0 Å². The molecule has 0 amide bonds. The Morgan fingerprint density at radius 3 is 2.62 bits per heavy atom. The van der Waals surface area contributed by atoms with Crippen LogP contribution in [-0.4, -0.2) is 20.6 Å². The van der Waals surface area contributed by atoms with Gasteiger partial charge in [0.15, 0.2) is 0 Å². The zero-order valence-electron chi connectivity index (χ0n) is 12.6. The Labute approximate surface area is 149 Å². The third kappa shape index (κ3) is 3.78. The summed E-state index contributed by atoms with van der Waals surface area (Å²) < 4.78 is 1.87. The van der Waals surface area contributed by atoms with Gasteiger partial charge in [-0.05, 0) is 35.4 Å². The number of hydrogen-bond acceptors (Lipinski definition) is 2. The molecule has 3 aromatic rings. The third-order valence-corrected chi connectivity index (χ3v) is 4.37. The molecule has 0 bridgehead atoms. The molecule has 4 nitrogen and oxygen atoms in total. The molecule has 0 fully saturated rings. The van der Waals surface area contributed by atoms with Crippen molar-refractivity contribution in [1.82, 2.24) is 9.55 Å². The first-order valence-corrected chi connectivity index (χ1v) is 8.09. The van der Waals surface area contributed by atoms with Crippen molar-refractivity contribution in [2.75, 3.05) is 0 Å². The molecule has 0 saturated carbocycles. The van der Waals surface area contributed by atoms with E-state index >= 15 is 0 Å². The van der Waals surface area contributed by atoms with Crippen LogP contribution in [0.4, 0.5) is 0 Å². The van der Waals surface area contributed by atoms with Crippen molar-refractivity contribution in [3.8, 4) is 16.8 Å². The van der Waals surface area contributed by atoms with Crippen molar-refractivity contribution in [2.24, 2.45) is 0 Å².